The number of carbonyl (C=O) groups excluding carboxylic acids is 1. The van der Waals surface area contributed by atoms with E-state index in [9.17, 15) is 17.7 Å². The van der Waals surface area contributed by atoms with Gasteiger partial charge >= 0.3 is 58.4 Å². The maximum Gasteiger partial charge on any atom is 1.00 e. The summed E-state index contributed by atoms with van der Waals surface area (Å²) in [6, 6.07) is 3.82. The summed E-state index contributed by atoms with van der Waals surface area (Å²) in [5, 5.41) is 0. The second-order valence-electron chi connectivity index (χ2n) is 3.37. The standard InChI is InChI=1S/C9H7BF3O.K/c11-10(12,13)8-3-1-2-7-6(8)4-5-9(7)14;/h1-3H,4-5H2;/q-1;+1. The molecule has 1 aliphatic carbocycles. The van der Waals surface area contributed by atoms with Gasteiger partial charge in [0.25, 0.3) is 0 Å². The van der Waals surface area contributed by atoms with Crippen molar-refractivity contribution in [2.75, 3.05) is 0 Å². The minimum Gasteiger partial charge on any atom is -0.445 e. The van der Waals surface area contributed by atoms with Crippen molar-refractivity contribution in [3.8, 4) is 0 Å². The molecule has 1 aromatic rings. The van der Waals surface area contributed by atoms with Gasteiger partial charge in [0.05, 0.1) is 0 Å². The van der Waals surface area contributed by atoms with Crippen molar-refractivity contribution in [3.05, 3.63) is 29.3 Å². The number of ketones is 1. The van der Waals surface area contributed by atoms with Gasteiger partial charge in [0.15, 0.2) is 5.78 Å². The molecule has 0 saturated carbocycles. The number of hydrogen-bond acceptors (Lipinski definition) is 1. The van der Waals surface area contributed by atoms with Crippen molar-refractivity contribution in [2.24, 2.45) is 0 Å². The van der Waals surface area contributed by atoms with Crippen molar-refractivity contribution < 1.29 is 69.1 Å². The first-order chi connectivity index (χ1) is 6.50. The van der Waals surface area contributed by atoms with Gasteiger partial charge < -0.3 is 12.9 Å². The fraction of sp³-hybridized carbons (Fsp3) is 0.222. The van der Waals surface area contributed by atoms with Crippen LogP contribution in [0.2, 0.25) is 0 Å². The van der Waals surface area contributed by atoms with Crippen molar-refractivity contribution in [1.29, 1.82) is 0 Å². The zero-order valence-electron chi connectivity index (χ0n) is 8.27. The molecule has 0 radical (unpaired) electrons. The Bertz CT molecular complexity index is 403. The summed E-state index contributed by atoms with van der Waals surface area (Å²) in [5.74, 6) is -0.179. The molecule has 0 bridgehead atoms. The summed E-state index contributed by atoms with van der Waals surface area (Å²) in [6.07, 6.45) is 0.435. The van der Waals surface area contributed by atoms with Crippen molar-refractivity contribution in [1.82, 2.24) is 0 Å². The van der Waals surface area contributed by atoms with Gasteiger partial charge in [0, 0.05) is 12.0 Å². The number of Topliss-reactive ketones (excluding diaryl/α,β-unsaturated/α-hetero) is 1. The minimum atomic E-state index is -4.99. The van der Waals surface area contributed by atoms with Crippen LogP contribution in [0.1, 0.15) is 22.3 Å². The van der Waals surface area contributed by atoms with E-state index in [1.165, 1.54) is 12.1 Å². The van der Waals surface area contributed by atoms with Crippen LogP contribution in [0.15, 0.2) is 18.2 Å². The molecule has 0 heterocycles. The number of carbonyl (C=O) groups is 1. The van der Waals surface area contributed by atoms with Crippen LogP contribution in [0, 0.1) is 0 Å². The van der Waals surface area contributed by atoms with E-state index in [0.717, 1.165) is 6.07 Å². The maximum absolute atomic E-state index is 12.5. The number of halogens is 3. The van der Waals surface area contributed by atoms with Gasteiger partial charge in [-0.2, -0.15) is 0 Å². The molecule has 1 aromatic carbocycles. The molecule has 0 fully saturated rings. The van der Waals surface area contributed by atoms with Gasteiger partial charge in [-0.25, -0.2) is 0 Å². The predicted molar refractivity (Wildman–Crippen MR) is 47.8 cm³/mol. The molecule has 2 rings (SSSR count). The normalized spacial score (nSPS) is 14.7. The van der Waals surface area contributed by atoms with Crippen molar-refractivity contribution >= 4 is 18.2 Å². The Kier molecular flexibility index (Phi) is 4.22. The molecule has 0 aliphatic heterocycles. The summed E-state index contributed by atoms with van der Waals surface area (Å²) in [6.45, 7) is -4.99. The molecule has 1 nitrogen and oxygen atoms in total. The molecular formula is C9H7BF3KO. The molecule has 0 atom stereocenters. The van der Waals surface area contributed by atoms with E-state index in [0.29, 0.717) is 0 Å². The van der Waals surface area contributed by atoms with Crippen LogP contribution < -0.4 is 56.8 Å². The largest absolute Gasteiger partial charge is 1.00 e. The summed E-state index contributed by atoms with van der Waals surface area (Å²) < 4.78 is 37.6. The van der Waals surface area contributed by atoms with Crippen LogP contribution in [-0.4, -0.2) is 12.8 Å². The van der Waals surface area contributed by atoms with E-state index in [-0.39, 0.29) is 81.1 Å². The Balaban J connectivity index is 0.00000112. The van der Waals surface area contributed by atoms with Gasteiger partial charge in [-0.1, -0.05) is 23.8 Å². The molecule has 6 heteroatoms. The van der Waals surface area contributed by atoms with Gasteiger partial charge in [0.1, 0.15) is 0 Å². The zero-order chi connectivity index (χ0) is 10.3. The van der Waals surface area contributed by atoms with E-state index in [4.69, 9.17) is 0 Å². The van der Waals surface area contributed by atoms with Crippen LogP contribution in [0.25, 0.3) is 0 Å². The van der Waals surface area contributed by atoms with Crippen LogP contribution in [0.5, 0.6) is 0 Å². The molecular weight excluding hydrogens is 231 g/mol. The smallest absolute Gasteiger partial charge is 0.445 e. The van der Waals surface area contributed by atoms with Crippen LogP contribution >= 0.6 is 0 Å². The third-order valence-electron chi connectivity index (χ3n) is 2.47. The Hall–Kier alpha value is 0.381. The van der Waals surface area contributed by atoms with E-state index >= 15 is 0 Å². The summed E-state index contributed by atoms with van der Waals surface area (Å²) >= 11 is 0. The second-order valence-corrected chi connectivity index (χ2v) is 3.37. The van der Waals surface area contributed by atoms with Gasteiger partial charge in [-0.05, 0) is 6.42 Å². The number of benzene rings is 1. The summed E-state index contributed by atoms with van der Waals surface area (Å²) in [5.41, 5.74) is -0.167. The van der Waals surface area contributed by atoms with E-state index < -0.39 is 12.4 Å². The average Bonchev–Trinajstić information content (AvgIpc) is 2.46. The van der Waals surface area contributed by atoms with E-state index in [2.05, 4.69) is 0 Å². The molecule has 0 unspecified atom stereocenters. The first-order valence-electron chi connectivity index (χ1n) is 4.35. The monoisotopic (exact) mass is 238 g/mol. The number of fused-ring (bicyclic) bond motifs is 1. The average molecular weight is 238 g/mol. The van der Waals surface area contributed by atoms with Crippen molar-refractivity contribution in [3.63, 3.8) is 0 Å². The van der Waals surface area contributed by atoms with Gasteiger partial charge in [-0.3, -0.25) is 4.79 Å². The quantitative estimate of drug-likeness (QED) is 0.566. The van der Waals surface area contributed by atoms with Gasteiger partial charge in [-0.15, -0.1) is 5.46 Å². The molecule has 0 saturated heterocycles. The number of rotatable bonds is 1. The van der Waals surface area contributed by atoms with Crippen LogP contribution in [-0.2, 0) is 6.42 Å². The maximum atomic E-state index is 12.5. The van der Waals surface area contributed by atoms with Crippen LogP contribution in [0.3, 0.4) is 0 Å². The summed E-state index contributed by atoms with van der Waals surface area (Å²) in [7, 11) is 0. The molecule has 74 valence electrons. The first-order valence-corrected chi connectivity index (χ1v) is 4.35. The first kappa shape index (κ1) is 13.4. The van der Waals surface area contributed by atoms with E-state index in [1.54, 1.807) is 0 Å². The summed E-state index contributed by atoms with van der Waals surface area (Å²) in [4.78, 5) is 11.2. The third kappa shape index (κ3) is 2.55. The minimum absolute atomic E-state index is 0. The van der Waals surface area contributed by atoms with Gasteiger partial charge in [0.2, 0.25) is 0 Å². The Labute approximate surface area is 128 Å². The topological polar surface area (TPSA) is 17.1 Å². The SMILES string of the molecule is O=C1CCc2c1cccc2[B-](F)(F)F.[K+]. The molecule has 0 amide bonds. The molecule has 0 aromatic heterocycles. The second kappa shape index (κ2) is 4.71. The Morgan fingerprint density at radius 1 is 1.13 bits per heavy atom. The molecule has 15 heavy (non-hydrogen) atoms. The Morgan fingerprint density at radius 3 is 2.40 bits per heavy atom. The zero-order valence-corrected chi connectivity index (χ0v) is 11.4. The molecule has 0 N–H and O–H groups in total. The third-order valence-corrected chi connectivity index (χ3v) is 2.47. The fourth-order valence-corrected chi connectivity index (χ4v) is 1.82. The predicted octanol–water partition coefficient (Wildman–Crippen LogP) is -1.13. The fourth-order valence-electron chi connectivity index (χ4n) is 1.82. The van der Waals surface area contributed by atoms with Crippen LogP contribution in [0.4, 0.5) is 12.9 Å². The molecule has 1 aliphatic rings. The number of hydrogen-bond donors (Lipinski definition) is 0. The van der Waals surface area contributed by atoms with Crippen molar-refractivity contribution in [2.45, 2.75) is 12.8 Å². The van der Waals surface area contributed by atoms with E-state index in [1.807, 2.05) is 0 Å². The Morgan fingerprint density at radius 2 is 1.80 bits per heavy atom. The molecule has 0 spiro atoms.